The normalized spacial score (nSPS) is 18.4. The van der Waals surface area contributed by atoms with Crippen molar-refractivity contribution in [1.29, 1.82) is 0 Å². The van der Waals surface area contributed by atoms with Gasteiger partial charge >= 0.3 is 0 Å². The van der Waals surface area contributed by atoms with E-state index in [1.807, 2.05) is 0 Å². The molecule has 0 spiro atoms. The number of rotatable bonds is 5. The van der Waals surface area contributed by atoms with Crippen molar-refractivity contribution in [2.45, 2.75) is 71.9 Å². The van der Waals surface area contributed by atoms with Crippen molar-refractivity contribution in [2.75, 3.05) is 0 Å². The highest BCUT2D eigenvalue weighted by Gasteiger charge is 2.24. The fourth-order valence-corrected chi connectivity index (χ4v) is 2.61. The number of amides is 1. The minimum absolute atomic E-state index is 0.173. The first-order valence-corrected chi connectivity index (χ1v) is 7.68. The van der Waals surface area contributed by atoms with Gasteiger partial charge in [-0.3, -0.25) is 4.79 Å². The molecule has 0 aliphatic carbocycles. The van der Waals surface area contributed by atoms with Gasteiger partial charge in [-0.05, 0) is 18.8 Å². The zero-order valence-electron chi connectivity index (χ0n) is 13.0. The maximum absolute atomic E-state index is 11.9. The quantitative estimate of drug-likeness (QED) is 0.899. The van der Waals surface area contributed by atoms with Crippen LogP contribution in [-0.4, -0.2) is 26.7 Å². The van der Waals surface area contributed by atoms with Crippen LogP contribution in [0, 0.1) is 5.92 Å². The Balaban J connectivity index is 1.93. The second-order valence-electron chi connectivity index (χ2n) is 6.48. The highest BCUT2D eigenvalue weighted by Crippen LogP contribution is 2.20. The highest BCUT2D eigenvalue weighted by atomic mass is 16.1. The smallest absolute Gasteiger partial charge is 0.220 e. The highest BCUT2D eigenvalue weighted by molar-refractivity contribution is 5.76. The van der Waals surface area contributed by atoms with Crippen molar-refractivity contribution < 1.29 is 4.79 Å². The van der Waals surface area contributed by atoms with Crippen molar-refractivity contribution in [2.24, 2.45) is 5.92 Å². The number of nitrogens with one attached hydrogen (secondary N) is 1. The van der Waals surface area contributed by atoms with Crippen molar-refractivity contribution in [3.63, 3.8) is 0 Å². The molecule has 0 aromatic carbocycles. The fourth-order valence-electron chi connectivity index (χ4n) is 2.61. The van der Waals surface area contributed by atoms with Crippen LogP contribution in [0.5, 0.6) is 0 Å². The third kappa shape index (κ3) is 3.58. The van der Waals surface area contributed by atoms with Gasteiger partial charge in [-0.25, -0.2) is 0 Å². The van der Waals surface area contributed by atoms with Crippen LogP contribution >= 0.6 is 0 Å². The predicted molar refractivity (Wildman–Crippen MR) is 78.4 cm³/mol. The molecule has 1 aliphatic heterocycles. The Hall–Kier alpha value is -1.39. The number of aryl methyl sites for hydroxylation is 1. The SMILES string of the molecule is CC(C)CCC(=O)N[C@H]1CCc2nnc(C(C)C)n2C1. The van der Waals surface area contributed by atoms with Crippen molar-refractivity contribution in [3.8, 4) is 0 Å². The minimum atomic E-state index is 0.173. The van der Waals surface area contributed by atoms with E-state index in [0.717, 1.165) is 37.5 Å². The summed E-state index contributed by atoms with van der Waals surface area (Å²) in [5.41, 5.74) is 0. The van der Waals surface area contributed by atoms with Crippen molar-refractivity contribution in [3.05, 3.63) is 11.6 Å². The molecule has 0 radical (unpaired) electrons. The van der Waals surface area contributed by atoms with E-state index in [4.69, 9.17) is 0 Å². The van der Waals surface area contributed by atoms with Crippen molar-refractivity contribution in [1.82, 2.24) is 20.1 Å². The number of fused-ring (bicyclic) bond motifs is 1. The molecule has 2 heterocycles. The summed E-state index contributed by atoms with van der Waals surface area (Å²) >= 11 is 0. The average molecular weight is 278 g/mol. The van der Waals surface area contributed by atoms with Gasteiger partial charge in [0.2, 0.25) is 5.91 Å². The van der Waals surface area contributed by atoms with Gasteiger partial charge in [-0.1, -0.05) is 27.7 Å². The molecule has 1 aromatic heterocycles. The third-order valence-electron chi connectivity index (χ3n) is 3.81. The van der Waals surface area contributed by atoms with Gasteiger partial charge in [0, 0.05) is 31.3 Å². The van der Waals surface area contributed by atoms with Crippen LogP contribution in [0.1, 0.15) is 64.5 Å². The van der Waals surface area contributed by atoms with E-state index in [0.29, 0.717) is 18.3 Å². The number of aromatic nitrogens is 3. The average Bonchev–Trinajstić information content (AvgIpc) is 2.79. The number of hydrogen-bond donors (Lipinski definition) is 1. The van der Waals surface area contributed by atoms with E-state index in [9.17, 15) is 4.79 Å². The van der Waals surface area contributed by atoms with E-state index in [1.54, 1.807) is 0 Å². The predicted octanol–water partition coefficient (Wildman–Crippen LogP) is 2.27. The molecule has 112 valence electrons. The summed E-state index contributed by atoms with van der Waals surface area (Å²) in [6, 6.07) is 0.218. The zero-order valence-corrected chi connectivity index (χ0v) is 13.0. The summed E-state index contributed by atoms with van der Waals surface area (Å²) in [5.74, 6) is 3.20. The first kappa shape index (κ1) is 15.0. The molecule has 1 aliphatic rings. The van der Waals surface area contributed by atoms with E-state index in [-0.39, 0.29) is 11.9 Å². The fraction of sp³-hybridized carbons (Fsp3) is 0.800. The van der Waals surface area contributed by atoms with Gasteiger partial charge in [-0.15, -0.1) is 10.2 Å². The third-order valence-corrected chi connectivity index (χ3v) is 3.81. The van der Waals surface area contributed by atoms with Gasteiger partial charge in [0.1, 0.15) is 11.6 Å². The first-order valence-electron chi connectivity index (χ1n) is 7.68. The van der Waals surface area contributed by atoms with E-state index < -0.39 is 0 Å². The Morgan fingerprint density at radius 2 is 2.10 bits per heavy atom. The minimum Gasteiger partial charge on any atom is -0.352 e. The topological polar surface area (TPSA) is 59.8 Å². The van der Waals surface area contributed by atoms with Gasteiger partial charge in [0.15, 0.2) is 0 Å². The summed E-state index contributed by atoms with van der Waals surface area (Å²) in [4.78, 5) is 11.9. The molecule has 1 N–H and O–H groups in total. The lowest BCUT2D eigenvalue weighted by atomic mass is 10.0. The van der Waals surface area contributed by atoms with Crippen LogP contribution in [0.3, 0.4) is 0 Å². The van der Waals surface area contributed by atoms with Gasteiger partial charge in [-0.2, -0.15) is 0 Å². The van der Waals surface area contributed by atoms with Crippen LogP contribution in [-0.2, 0) is 17.8 Å². The van der Waals surface area contributed by atoms with Crippen LogP contribution in [0.4, 0.5) is 0 Å². The van der Waals surface area contributed by atoms with E-state index in [2.05, 4.69) is 47.8 Å². The molecule has 0 bridgehead atoms. The van der Waals surface area contributed by atoms with Gasteiger partial charge in [0.25, 0.3) is 0 Å². The molecule has 0 saturated heterocycles. The zero-order chi connectivity index (χ0) is 14.7. The maximum atomic E-state index is 11.9. The molecule has 2 rings (SSSR count). The number of carbonyl (C=O) groups is 1. The molecule has 1 atom stereocenters. The second kappa shape index (κ2) is 6.37. The Morgan fingerprint density at radius 1 is 1.35 bits per heavy atom. The summed E-state index contributed by atoms with van der Waals surface area (Å²) < 4.78 is 2.18. The lowest BCUT2D eigenvalue weighted by Crippen LogP contribution is -2.41. The summed E-state index contributed by atoms with van der Waals surface area (Å²) in [5, 5.41) is 11.7. The molecule has 20 heavy (non-hydrogen) atoms. The molecule has 1 aromatic rings. The Labute approximate surface area is 121 Å². The number of nitrogens with zero attached hydrogens (tertiary/aromatic N) is 3. The summed E-state index contributed by atoms with van der Waals surface area (Å²) in [6.07, 6.45) is 3.44. The van der Waals surface area contributed by atoms with E-state index in [1.165, 1.54) is 0 Å². The molecule has 0 unspecified atom stereocenters. The second-order valence-corrected chi connectivity index (χ2v) is 6.48. The van der Waals surface area contributed by atoms with Crippen molar-refractivity contribution >= 4 is 5.91 Å². The first-order chi connectivity index (χ1) is 9.47. The molecular formula is C15H26N4O. The Bertz CT molecular complexity index is 464. The monoisotopic (exact) mass is 278 g/mol. The van der Waals surface area contributed by atoms with Crippen LogP contribution in [0.15, 0.2) is 0 Å². The van der Waals surface area contributed by atoms with Gasteiger partial charge in [0.05, 0.1) is 0 Å². The largest absolute Gasteiger partial charge is 0.352 e. The van der Waals surface area contributed by atoms with Crippen LogP contribution in [0.2, 0.25) is 0 Å². The Morgan fingerprint density at radius 3 is 2.75 bits per heavy atom. The molecule has 5 heteroatoms. The molecular weight excluding hydrogens is 252 g/mol. The van der Waals surface area contributed by atoms with Gasteiger partial charge < -0.3 is 9.88 Å². The standard InChI is InChI=1S/C15H26N4O/c1-10(2)5-8-14(20)16-12-6-7-13-17-18-15(11(3)4)19(13)9-12/h10-12H,5-9H2,1-4H3,(H,16,20)/t12-/m0/s1. The number of carbonyl (C=O) groups excluding carboxylic acids is 1. The molecule has 0 fully saturated rings. The Kier molecular flexibility index (Phi) is 4.78. The molecule has 0 saturated carbocycles. The lowest BCUT2D eigenvalue weighted by molar-refractivity contribution is -0.122. The molecule has 1 amide bonds. The lowest BCUT2D eigenvalue weighted by Gasteiger charge is -2.26. The number of hydrogen-bond acceptors (Lipinski definition) is 3. The molecule has 5 nitrogen and oxygen atoms in total. The van der Waals surface area contributed by atoms with Crippen LogP contribution < -0.4 is 5.32 Å². The summed E-state index contributed by atoms with van der Waals surface area (Å²) in [6.45, 7) is 9.35. The van der Waals surface area contributed by atoms with Crippen LogP contribution in [0.25, 0.3) is 0 Å². The maximum Gasteiger partial charge on any atom is 0.220 e. The summed E-state index contributed by atoms with van der Waals surface area (Å²) in [7, 11) is 0. The van der Waals surface area contributed by atoms with E-state index >= 15 is 0 Å².